The van der Waals surface area contributed by atoms with Gasteiger partial charge in [-0.2, -0.15) is 0 Å². The molecule has 0 amide bonds. The number of ether oxygens (including phenoxy) is 2. The molecule has 4 heteroatoms. The first-order valence-electron chi connectivity index (χ1n) is 5.04. The van der Waals surface area contributed by atoms with Crippen LogP contribution in [0.3, 0.4) is 0 Å². The van der Waals surface area contributed by atoms with Crippen LogP contribution in [0, 0.1) is 0 Å². The van der Waals surface area contributed by atoms with E-state index < -0.39 is 0 Å². The Morgan fingerprint density at radius 3 is 3.13 bits per heavy atom. The van der Waals surface area contributed by atoms with Gasteiger partial charge in [-0.25, -0.2) is 4.98 Å². The van der Waals surface area contributed by atoms with E-state index in [0.717, 1.165) is 23.4 Å². The van der Waals surface area contributed by atoms with Crippen LogP contribution in [0.25, 0.3) is 11.0 Å². The van der Waals surface area contributed by atoms with E-state index in [1.165, 1.54) is 0 Å². The van der Waals surface area contributed by atoms with Gasteiger partial charge in [0.05, 0.1) is 24.0 Å². The highest BCUT2D eigenvalue weighted by atomic mass is 16.5. The molecule has 0 atom stereocenters. The number of nitrogens with zero attached hydrogens (tertiary/aromatic N) is 1. The normalized spacial score (nSPS) is 10.7. The first-order chi connectivity index (χ1) is 7.40. The molecule has 0 aliphatic heterocycles. The maximum absolute atomic E-state index is 5.51. The van der Waals surface area contributed by atoms with Gasteiger partial charge in [0, 0.05) is 12.7 Å². The summed E-state index contributed by atoms with van der Waals surface area (Å²) < 4.78 is 10.7. The summed E-state index contributed by atoms with van der Waals surface area (Å²) in [5, 5.41) is 0. The number of fused-ring (bicyclic) bond motifs is 1. The molecule has 0 saturated heterocycles. The average Bonchev–Trinajstić information content (AvgIpc) is 2.71. The number of hydrogen-bond acceptors (Lipinski definition) is 3. The molecule has 0 radical (unpaired) electrons. The Hall–Kier alpha value is -1.55. The first-order valence-corrected chi connectivity index (χ1v) is 5.04. The SMILES string of the molecule is CCOCCOc1ccc2nc[nH]c2c1. The summed E-state index contributed by atoms with van der Waals surface area (Å²) in [6, 6.07) is 5.78. The fourth-order valence-corrected chi connectivity index (χ4v) is 1.37. The van der Waals surface area contributed by atoms with Crippen molar-refractivity contribution in [3.63, 3.8) is 0 Å². The predicted molar refractivity (Wildman–Crippen MR) is 58.1 cm³/mol. The predicted octanol–water partition coefficient (Wildman–Crippen LogP) is 1.98. The van der Waals surface area contributed by atoms with Crippen LogP contribution in [-0.2, 0) is 4.74 Å². The molecule has 0 aliphatic rings. The summed E-state index contributed by atoms with van der Waals surface area (Å²) in [6.07, 6.45) is 1.68. The maximum atomic E-state index is 5.51. The molecule has 1 N–H and O–H groups in total. The largest absolute Gasteiger partial charge is 0.491 e. The van der Waals surface area contributed by atoms with Crippen molar-refractivity contribution in [3.05, 3.63) is 24.5 Å². The van der Waals surface area contributed by atoms with Crippen LogP contribution in [0.5, 0.6) is 5.75 Å². The van der Waals surface area contributed by atoms with Gasteiger partial charge in [-0.1, -0.05) is 0 Å². The second-order valence-corrected chi connectivity index (χ2v) is 3.13. The van der Waals surface area contributed by atoms with Gasteiger partial charge in [-0.15, -0.1) is 0 Å². The summed E-state index contributed by atoms with van der Waals surface area (Å²) >= 11 is 0. The smallest absolute Gasteiger partial charge is 0.121 e. The second kappa shape index (κ2) is 4.79. The van der Waals surface area contributed by atoms with Crippen LogP contribution in [0.2, 0.25) is 0 Å². The minimum absolute atomic E-state index is 0.577. The van der Waals surface area contributed by atoms with E-state index in [-0.39, 0.29) is 0 Å². The lowest BCUT2D eigenvalue weighted by Gasteiger charge is -2.05. The second-order valence-electron chi connectivity index (χ2n) is 3.13. The summed E-state index contributed by atoms with van der Waals surface area (Å²) in [4.78, 5) is 7.17. The molecule has 80 valence electrons. The highest BCUT2D eigenvalue weighted by molar-refractivity contribution is 5.75. The minimum atomic E-state index is 0.577. The molecule has 2 aromatic rings. The van der Waals surface area contributed by atoms with Crippen molar-refractivity contribution in [2.75, 3.05) is 19.8 Å². The molecule has 2 rings (SSSR count). The van der Waals surface area contributed by atoms with Crippen LogP contribution < -0.4 is 4.74 Å². The van der Waals surface area contributed by atoms with E-state index in [4.69, 9.17) is 9.47 Å². The van der Waals surface area contributed by atoms with Crippen LogP contribution in [0.1, 0.15) is 6.92 Å². The lowest BCUT2D eigenvalue weighted by atomic mass is 10.3. The molecule has 0 saturated carbocycles. The number of H-pyrrole nitrogens is 1. The van der Waals surface area contributed by atoms with Crippen LogP contribution in [0.4, 0.5) is 0 Å². The lowest BCUT2D eigenvalue weighted by Crippen LogP contribution is -2.06. The third-order valence-electron chi connectivity index (χ3n) is 2.09. The fourth-order valence-electron chi connectivity index (χ4n) is 1.37. The Balaban J connectivity index is 1.96. The number of nitrogens with one attached hydrogen (secondary N) is 1. The van der Waals surface area contributed by atoms with Gasteiger partial charge < -0.3 is 14.5 Å². The van der Waals surface area contributed by atoms with Crippen molar-refractivity contribution in [2.24, 2.45) is 0 Å². The van der Waals surface area contributed by atoms with Gasteiger partial charge in [0.1, 0.15) is 12.4 Å². The van der Waals surface area contributed by atoms with Gasteiger partial charge in [0.15, 0.2) is 0 Å². The zero-order valence-electron chi connectivity index (χ0n) is 8.69. The van der Waals surface area contributed by atoms with E-state index in [1.807, 2.05) is 25.1 Å². The van der Waals surface area contributed by atoms with Crippen LogP contribution in [-0.4, -0.2) is 29.8 Å². The van der Waals surface area contributed by atoms with Crippen molar-refractivity contribution < 1.29 is 9.47 Å². The van der Waals surface area contributed by atoms with Crippen molar-refractivity contribution in [3.8, 4) is 5.75 Å². The Labute approximate surface area is 88.2 Å². The average molecular weight is 206 g/mol. The number of aromatic nitrogens is 2. The number of imidazole rings is 1. The topological polar surface area (TPSA) is 47.1 Å². The molecule has 0 fully saturated rings. The van der Waals surface area contributed by atoms with E-state index >= 15 is 0 Å². The Morgan fingerprint density at radius 2 is 2.27 bits per heavy atom. The molecule has 0 bridgehead atoms. The highest BCUT2D eigenvalue weighted by Crippen LogP contribution is 2.17. The Kier molecular flexibility index (Phi) is 3.19. The van der Waals surface area contributed by atoms with E-state index in [1.54, 1.807) is 6.33 Å². The molecule has 0 aliphatic carbocycles. The van der Waals surface area contributed by atoms with Crippen molar-refractivity contribution in [2.45, 2.75) is 6.92 Å². The third-order valence-corrected chi connectivity index (χ3v) is 2.09. The number of rotatable bonds is 5. The minimum Gasteiger partial charge on any atom is -0.491 e. The molecule has 1 aromatic carbocycles. The maximum Gasteiger partial charge on any atom is 0.121 e. The fraction of sp³-hybridized carbons (Fsp3) is 0.364. The lowest BCUT2D eigenvalue weighted by molar-refractivity contribution is 0.110. The molecule has 4 nitrogen and oxygen atoms in total. The van der Waals surface area contributed by atoms with Gasteiger partial charge >= 0.3 is 0 Å². The Morgan fingerprint density at radius 1 is 1.33 bits per heavy atom. The molecule has 1 heterocycles. The van der Waals surface area contributed by atoms with Crippen molar-refractivity contribution >= 4 is 11.0 Å². The summed E-state index contributed by atoms with van der Waals surface area (Å²) in [5.74, 6) is 0.839. The van der Waals surface area contributed by atoms with Crippen molar-refractivity contribution in [1.29, 1.82) is 0 Å². The summed E-state index contributed by atoms with van der Waals surface area (Å²) in [6.45, 7) is 3.89. The zero-order chi connectivity index (χ0) is 10.5. The molecular formula is C11H14N2O2. The van der Waals surface area contributed by atoms with Gasteiger partial charge in [0.25, 0.3) is 0 Å². The third kappa shape index (κ3) is 2.47. The van der Waals surface area contributed by atoms with Crippen LogP contribution >= 0.6 is 0 Å². The molecular weight excluding hydrogens is 192 g/mol. The zero-order valence-corrected chi connectivity index (χ0v) is 8.69. The number of aromatic amines is 1. The molecule has 0 unspecified atom stereocenters. The molecule has 15 heavy (non-hydrogen) atoms. The Bertz CT molecular complexity index is 425. The van der Waals surface area contributed by atoms with E-state index in [9.17, 15) is 0 Å². The van der Waals surface area contributed by atoms with Gasteiger partial charge in [-0.3, -0.25) is 0 Å². The number of benzene rings is 1. The first kappa shape index (κ1) is 9.98. The highest BCUT2D eigenvalue weighted by Gasteiger charge is 1.98. The summed E-state index contributed by atoms with van der Waals surface area (Å²) in [5.41, 5.74) is 1.94. The number of hydrogen-bond donors (Lipinski definition) is 1. The standard InChI is InChI=1S/C11H14N2O2/c1-2-14-5-6-15-9-3-4-10-11(7-9)13-8-12-10/h3-4,7-8H,2,5-6H2,1H3,(H,12,13). The van der Waals surface area contributed by atoms with Crippen molar-refractivity contribution in [1.82, 2.24) is 9.97 Å². The van der Waals surface area contributed by atoms with E-state index in [2.05, 4.69) is 9.97 Å². The molecule has 0 spiro atoms. The summed E-state index contributed by atoms with van der Waals surface area (Å²) in [7, 11) is 0. The van der Waals surface area contributed by atoms with Gasteiger partial charge in [0.2, 0.25) is 0 Å². The monoisotopic (exact) mass is 206 g/mol. The molecule has 1 aromatic heterocycles. The quantitative estimate of drug-likeness (QED) is 0.761. The van der Waals surface area contributed by atoms with Gasteiger partial charge in [-0.05, 0) is 19.1 Å². The van der Waals surface area contributed by atoms with Crippen LogP contribution in [0.15, 0.2) is 24.5 Å². The van der Waals surface area contributed by atoms with E-state index in [0.29, 0.717) is 13.2 Å².